The van der Waals surface area contributed by atoms with Crippen molar-refractivity contribution in [1.82, 2.24) is 15.0 Å². The summed E-state index contributed by atoms with van der Waals surface area (Å²) >= 11 is 0. The molecule has 0 atom stereocenters. The highest BCUT2D eigenvalue weighted by atomic mass is 16.3. The quantitative estimate of drug-likeness (QED) is 0.175. The van der Waals surface area contributed by atoms with Gasteiger partial charge in [0.15, 0.2) is 17.5 Å². The van der Waals surface area contributed by atoms with E-state index in [4.69, 9.17) is 23.8 Å². The Morgan fingerprint density at radius 2 is 0.904 bits per heavy atom. The van der Waals surface area contributed by atoms with E-state index in [1.54, 1.807) is 0 Å². The molecule has 0 saturated carbocycles. The van der Waals surface area contributed by atoms with Gasteiger partial charge in [-0.3, -0.25) is 0 Å². The van der Waals surface area contributed by atoms with E-state index < -0.39 is 0 Å². The lowest BCUT2D eigenvalue weighted by molar-refractivity contribution is 0.669. The molecule has 11 rings (SSSR count). The number of benzene rings is 8. The summed E-state index contributed by atoms with van der Waals surface area (Å²) in [4.78, 5) is 15.2. The van der Waals surface area contributed by atoms with Gasteiger partial charge in [0.2, 0.25) is 0 Å². The van der Waals surface area contributed by atoms with Crippen LogP contribution >= 0.6 is 0 Å². The Labute approximate surface area is 297 Å². The van der Waals surface area contributed by atoms with E-state index in [1.807, 2.05) is 66.7 Å². The summed E-state index contributed by atoms with van der Waals surface area (Å²) in [5, 5.41) is 8.88. The molecule has 11 aromatic rings. The minimum atomic E-state index is 0.596. The van der Waals surface area contributed by atoms with E-state index in [9.17, 15) is 0 Å². The fraction of sp³-hybridized carbons (Fsp3) is 0. The highest BCUT2D eigenvalue weighted by Crippen LogP contribution is 2.44. The second-order valence-corrected chi connectivity index (χ2v) is 13.1. The Balaban J connectivity index is 1.10. The molecule has 3 aromatic heterocycles. The van der Waals surface area contributed by atoms with Crippen LogP contribution in [0.2, 0.25) is 0 Å². The molecule has 5 nitrogen and oxygen atoms in total. The van der Waals surface area contributed by atoms with Crippen LogP contribution in [0.15, 0.2) is 173 Å². The number of hydrogen-bond donors (Lipinski definition) is 0. The minimum Gasteiger partial charge on any atom is -0.456 e. The molecule has 0 aliphatic rings. The zero-order valence-corrected chi connectivity index (χ0v) is 27.7. The molecule has 0 unspecified atom stereocenters. The van der Waals surface area contributed by atoms with Crippen LogP contribution < -0.4 is 0 Å². The first kappa shape index (κ1) is 28.7. The number of nitrogens with zero attached hydrogens (tertiary/aromatic N) is 3. The third-order valence-electron chi connectivity index (χ3n) is 10.1. The van der Waals surface area contributed by atoms with Gasteiger partial charge in [-0.1, -0.05) is 140 Å². The maximum atomic E-state index is 6.66. The third kappa shape index (κ3) is 4.39. The molecule has 0 bridgehead atoms. The number of aromatic nitrogens is 3. The molecule has 52 heavy (non-hydrogen) atoms. The highest BCUT2D eigenvalue weighted by molar-refractivity contribution is 6.27. The van der Waals surface area contributed by atoms with Crippen LogP contribution in [0.4, 0.5) is 0 Å². The molecule has 0 amide bonds. The summed E-state index contributed by atoms with van der Waals surface area (Å²) in [6, 6.07) is 56.2. The Morgan fingerprint density at radius 3 is 1.69 bits per heavy atom. The summed E-state index contributed by atoms with van der Waals surface area (Å²) < 4.78 is 12.9. The topological polar surface area (TPSA) is 65.0 Å². The number of fused-ring (bicyclic) bond motifs is 10. The van der Waals surface area contributed by atoms with Crippen LogP contribution in [-0.4, -0.2) is 15.0 Å². The number of para-hydroxylation sites is 2. The van der Waals surface area contributed by atoms with E-state index in [0.717, 1.165) is 82.5 Å². The zero-order chi connectivity index (χ0) is 34.2. The summed E-state index contributed by atoms with van der Waals surface area (Å²) in [7, 11) is 0. The van der Waals surface area contributed by atoms with Crippen molar-refractivity contribution >= 4 is 65.4 Å². The molecule has 0 radical (unpaired) electrons. The van der Waals surface area contributed by atoms with Crippen LogP contribution in [0.5, 0.6) is 0 Å². The Kier molecular flexibility index (Phi) is 6.18. The van der Waals surface area contributed by atoms with Crippen LogP contribution in [0.3, 0.4) is 0 Å². The van der Waals surface area contributed by atoms with Crippen LogP contribution in [0.25, 0.3) is 111 Å². The SMILES string of the molecule is c1ccc(-c2nc(-c3ccc(-c4cc5ccc6ccccc6c5c5oc6ccccc6c45)cc3)nc(-c3cccc4oc5ccccc5c34)n2)cc1. The van der Waals surface area contributed by atoms with Gasteiger partial charge in [-0.05, 0) is 51.6 Å². The first-order valence-corrected chi connectivity index (χ1v) is 17.4. The lowest BCUT2D eigenvalue weighted by atomic mass is 9.92. The van der Waals surface area contributed by atoms with Crippen molar-refractivity contribution in [2.45, 2.75) is 0 Å². The molecule has 0 fully saturated rings. The lowest BCUT2D eigenvalue weighted by Gasteiger charge is -2.11. The molecule has 8 aromatic carbocycles. The molecule has 5 heteroatoms. The maximum absolute atomic E-state index is 6.66. The molecule has 0 spiro atoms. The third-order valence-corrected chi connectivity index (χ3v) is 10.1. The highest BCUT2D eigenvalue weighted by Gasteiger charge is 2.20. The van der Waals surface area contributed by atoms with E-state index in [0.29, 0.717) is 17.5 Å². The Hall–Kier alpha value is -7.11. The van der Waals surface area contributed by atoms with Gasteiger partial charge in [-0.25, -0.2) is 15.0 Å². The van der Waals surface area contributed by atoms with Crippen molar-refractivity contribution < 1.29 is 8.83 Å². The van der Waals surface area contributed by atoms with Gasteiger partial charge >= 0.3 is 0 Å². The van der Waals surface area contributed by atoms with Gasteiger partial charge in [0.1, 0.15) is 22.3 Å². The number of furan rings is 2. The minimum absolute atomic E-state index is 0.596. The summed E-state index contributed by atoms with van der Waals surface area (Å²) in [5.74, 6) is 1.81. The molecule has 242 valence electrons. The first-order chi connectivity index (χ1) is 25.8. The second-order valence-electron chi connectivity index (χ2n) is 13.1. The van der Waals surface area contributed by atoms with Crippen molar-refractivity contribution in [1.29, 1.82) is 0 Å². The van der Waals surface area contributed by atoms with Crippen molar-refractivity contribution in [3.05, 3.63) is 164 Å². The average molecular weight is 666 g/mol. The molecule has 0 saturated heterocycles. The molecule has 0 aliphatic carbocycles. The zero-order valence-electron chi connectivity index (χ0n) is 27.7. The lowest BCUT2D eigenvalue weighted by Crippen LogP contribution is -2.00. The van der Waals surface area contributed by atoms with Gasteiger partial charge in [0.25, 0.3) is 0 Å². The molecular weight excluding hydrogens is 639 g/mol. The van der Waals surface area contributed by atoms with Crippen molar-refractivity contribution in [3.8, 4) is 45.3 Å². The van der Waals surface area contributed by atoms with E-state index >= 15 is 0 Å². The smallest absolute Gasteiger partial charge is 0.164 e. The maximum Gasteiger partial charge on any atom is 0.164 e. The Morgan fingerprint density at radius 1 is 0.327 bits per heavy atom. The van der Waals surface area contributed by atoms with E-state index in [-0.39, 0.29) is 0 Å². The standard InChI is InChI=1S/C47H27N3O2/c1-2-12-30(13-3-1)45-48-46(50-47(49-45)36-17-10-20-40-42(36)34-15-6-8-18-38(34)51-40)31-24-21-29(22-25-31)37-27-32-26-23-28-11-4-5-14-33(28)41(32)44-43(37)35-16-7-9-19-39(35)52-44/h1-27H. The van der Waals surface area contributed by atoms with Gasteiger partial charge in [-0.2, -0.15) is 0 Å². The molecule has 3 heterocycles. The van der Waals surface area contributed by atoms with Crippen molar-refractivity contribution in [2.24, 2.45) is 0 Å². The fourth-order valence-corrected chi connectivity index (χ4v) is 7.71. The largest absolute Gasteiger partial charge is 0.456 e. The molecular formula is C47H27N3O2. The van der Waals surface area contributed by atoms with Gasteiger partial charge in [0, 0.05) is 43.6 Å². The van der Waals surface area contributed by atoms with Gasteiger partial charge < -0.3 is 8.83 Å². The van der Waals surface area contributed by atoms with Crippen LogP contribution in [-0.2, 0) is 0 Å². The van der Waals surface area contributed by atoms with Crippen LogP contribution in [0, 0.1) is 0 Å². The molecule has 0 aliphatic heterocycles. The van der Waals surface area contributed by atoms with E-state index in [2.05, 4.69) is 97.1 Å². The van der Waals surface area contributed by atoms with E-state index in [1.165, 1.54) is 10.8 Å². The monoisotopic (exact) mass is 665 g/mol. The predicted molar refractivity (Wildman–Crippen MR) is 211 cm³/mol. The van der Waals surface area contributed by atoms with Gasteiger partial charge in [0.05, 0.1) is 0 Å². The average Bonchev–Trinajstić information content (AvgIpc) is 3.80. The fourth-order valence-electron chi connectivity index (χ4n) is 7.71. The summed E-state index contributed by atoms with van der Waals surface area (Å²) in [6.45, 7) is 0. The number of hydrogen-bond acceptors (Lipinski definition) is 5. The van der Waals surface area contributed by atoms with Crippen LogP contribution in [0.1, 0.15) is 0 Å². The Bertz CT molecular complexity index is 3180. The predicted octanol–water partition coefficient (Wildman–Crippen LogP) is 12.6. The first-order valence-electron chi connectivity index (χ1n) is 17.4. The van der Waals surface area contributed by atoms with Crippen molar-refractivity contribution in [2.75, 3.05) is 0 Å². The summed E-state index contributed by atoms with van der Waals surface area (Å²) in [6.07, 6.45) is 0. The number of rotatable bonds is 4. The second kappa shape index (κ2) is 11.2. The van der Waals surface area contributed by atoms with Gasteiger partial charge in [-0.15, -0.1) is 0 Å². The normalized spacial score (nSPS) is 11.8. The van der Waals surface area contributed by atoms with Crippen molar-refractivity contribution in [3.63, 3.8) is 0 Å². The molecule has 0 N–H and O–H groups in total. The summed E-state index contributed by atoms with van der Waals surface area (Å²) in [5.41, 5.74) is 8.34.